The lowest BCUT2D eigenvalue weighted by atomic mass is 10.1. The van der Waals surface area contributed by atoms with E-state index in [0.717, 1.165) is 24.3 Å². The molecule has 1 N–H and O–H groups in total. The number of unbranched alkanes of at least 4 members (excludes halogenated alkanes) is 1. The maximum absolute atomic E-state index is 12.1. The Morgan fingerprint density at radius 3 is 2.65 bits per heavy atom. The molecule has 0 unspecified atom stereocenters. The molecular weight excluding hydrogens is 286 g/mol. The van der Waals surface area contributed by atoms with E-state index in [4.69, 9.17) is 4.74 Å². The van der Waals surface area contributed by atoms with Gasteiger partial charge in [0, 0.05) is 23.5 Å². The Morgan fingerprint density at radius 1 is 1.17 bits per heavy atom. The zero-order valence-corrected chi connectivity index (χ0v) is 13.7. The van der Waals surface area contributed by atoms with Crippen LogP contribution in [0.15, 0.2) is 60.8 Å². The monoisotopic (exact) mass is 309 g/mol. The van der Waals surface area contributed by atoms with Crippen LogP contribution < -0.4 is 10.1 Å². The van der Waals surface area contributed by atoms with Crippen molar-refractivity contribution in [2.24, 2.45) is 0 Å². The van der Waals surface area contributed by atoms with Crippen LogP contribution in [0.5, 0.6) is 5.75 Å². The molecule has 2 rings (SSSR count). The van der Waals surface area contributed by atoms with Crippen molar-refractivity contribution < 1.29 is 9.53 Å². The summed E-state index contributed by atoms with van der Waals surface area (Å²) in [6, 6.07) is 15.3. The highest BCUT2D eigenvalue weighted by atomic mass is 16.5. The maximum Gasteiger partial charge on any atom is 0.187 e. The molecule has 0 bridgehead atoms. The second kappa shape index (κ2) is 8.79. The van der Waals surface area contributed by atoms with Crippen molar-refractivity contribution in [1.82, 2.24) is 0 Å². The number of allylic oxidation sites excluding steroid dienone is 1. The lowest BCUT2D eigenvalue weighted by molar-refractivity contribution is 0.104. The second-order valence-electron chi connectivity index (χ2n) is 5.44. The molecule has 120 valence electrons. The summed E-state index contributed by atoms with van der Waals surface area (Å²) < 4.78 is 5.59. The third kappa shape index (κ3) is 5.62. The van der Waals surface area contributed by atoms with Gasteiger partial charge in [0.15, 0.2) is 5.78 Å². The number of anilines is 1. The van der Waals surface area contributed by atoms with E-state index in [9.17, 15) is 4.79 Å². The lowest BCUT2D eigenvalue weighted by Gasteiger charge is -2.05. The zero-order chi connectivity index (χ0) is 16.5. The van der Waals surface area contributed by atoms with Crippen LogP contribution in [0.1, 0.15) is 35.7 Å². The quantitative estimate of drug-likeness (QED) is 0.424. The number of aryl methyl sites for hydroxylation is 1. The number of rotatable bonds is 8. The molecule has 0 aliphatic rings. The van der Waals surface area contributed by atoms with Crippen LogP contribution in [0.25, 0.3) is 0 Å². The molecule has 0 fully saturated rings. The largest absolute Gasteiger partial charge is 0.494 e. The summed E-state index contributed by atoms with van der Waals surface area (Å²) in [5.41, 5.74) is 2.79. The molecule has 0 saturated carbocycles. The maximum atomic E-state index is 12.1. The smallest absolute Gasteiger partial charge is 0.187 e. The minimum atomic E-state index is -0.0368. The Balaban J connectivity index is 1.88. The molecule has 0 aliphatic carbocycles. The zero-order valence-electron chi connectivity index (χ0n) is 13.7. The van der Waals surface area contributed by atoms with Crippen LogP contribution in [-0.4, -0.2) is 12.4 Å². The number of hydrogen-bond acceptors (Lipinski definition) is 3. The Labute approximate surface area is 138 Å². The van der Waals surface area contributed by atoms with Crippen LogP contribution in [0.3, 0.4) is 0 Å². The molecule has 0 aromatic heterocycles. The van der Waals surface area contributed by atoms with E-state index < -0.39 is 0 Å². The second-order valence-corrected chi connectivity index (χ2v) is 5.44. The first kappa shape index (κ1) is 16.8. The molecule has 0 radical (unpaired) electrons. The van der Waals surface area contributed by atoms with Crippen LogP contribution in [0.2, 0.25) is 0 Å². The van der Waals surface area contributed by atoms with Gasteiger partial charge >= 0.3 is 0 Å². The fourth-order valence-electron chi connectivity index (χ4n) is 2.09. The molecule has 0 amide bonds. The summed E-state index contributed by atoms with van der Waals surface area (Å²) in [5, 5.41) is 3.11. The average Bonchev–Trinajstić information content (AvgIpc) is 2.56. The van der Waals surface area contributed by atoms with Gasteiger partial charge in [-0.3, -0.25) is 4.79 Å². The molecule has 0 heterocycles. The van der Waals surface area contributed by atoms with Crippen molar-refractivity contribution in [3.05, 3.63) is 71.9 Å². The standard InChI is InChI=1S/C20H23NO2/c1-3-4-14-23-19-10-8-17(9-11-19)20(22)12-13-21-18-7-5-6-16(2)15-18/h5-13,15,21H,3-4,14H2,1-2H3. The van der Waals surface area contributed by atoms with E-state index in [1.165, 1.54) is 11.6 Å². The van der Waals surface area contributed by atoms with Gasteiger partial charge in [-0.05, 0) is 55.3 Å². The Kier molecular flexibility index (Phi) is 6.42. The highest BCUT2D eigenvalue weighted by Gasteiger charge is 2.02. The summed E-state index contributed by atoms with van der Waals surface area (Å²) >= 11 is 0. The minimum Gasteiger partial charge on any atom is -0.494 e. The van der Waals surface area contributed by atoms with Gasteiger partial charge in [-0.25, -0.2) is 0 Å². The molecule has 3 nitrogen and oxygen atoms in total. The van der Waals surface area contributed by atoms with E-state index in [0.29, 0.717) is 12.2 Å². The highest BCUT2D eigenvalue weighted by Crippen LogP contribution is 2.14. The molecule has 0 spiro atoms. The van der Waals surface area contributed by atoms with Gasteiger partial charge in [0.1, 0.15) is 5.75 Å². The first-order valence-corrected chi connectivity index (χ1v) is 7.96. The lowest BCUT2D eigenvalue weighted by Crippen LogP contribution is -1.99. The predicted molar refractivity (Wildman–Crippen MR) is 95.1 cm³/mol. The molecule has 2 aromatic carbocycles. The number of carbonyl (C=O) groups is 1. The summed E-state index contributed by atoms with van der Waals surface area (Å²) in [4.78, 5) is 12.1. The van der Waals surface area contributed by atoms with Gasteiger partial charge in [0.05, 0.1) is 6.61 Å². The summed E-state index contributed by atoms with van der Waals surface area (Å²) in [6.07, 6.45) is 5.35. The number of nitrogens with one attached hydrogen (secondary N) is 1. The van der Waals surface area contributed by atoms with Crippen molar-refractivity contribution in [2.75, 3.05) is 11.9 Å². The number of benzene rings is 2. The van der Waals surface area contributed by atoms with E-state index in [1.54, 1.807) is 18.3 Å². The number of ketones is 1. The summed E-state index contributed by atoms with van der Waals surface area (Å²) in [7, 11) is 0. The number of carbonyl (C=O) groups excluding carboxylic acids is 1. The highest BCUT2D eigenvalue weighted by molar-refractivity contribution is 6.04. The molecular formula is C20H23NO2. The molecule has 23 heavy (non-hydrogen) atoms. The van der Waals surface area contributed by atoms with Gasteiger partial charge in [-0.15, -0.1) is 0 Å². The van der Waals surface area contributed by atoms with Crippen molar-refractivity contribution in [3.63, 3.8) is 0 Å². The number of hydrogen-bond donors (Lipinski definition) is 1. The van der Waals surface area contributed by atoms with Crippen LogP contribution in [0.4, 0.5) is 5.69 Å². The van der Waals surface area contributed by atoms with Crippen molar-refractivity contribution >= 4 is 11.5 Å². The predicted octanol–water partition coefficient (Wildman–Crippen LogP) is 4.98. The number of ether oxygens (including phenoxy) is 1. The molecule has 0 aliphatic heterocycles. The summed E-state index contributed by atoms with van der Waals surface area (Å²) in [6.45, 7) is 4.87. The van der Waals surface area contributed by atoms with Gasteiger partial charge in [0.25, 0.3) is 0 Å². The third-order valence-electron chi connectivity index (χ3n) is 3.41. The topological polar surface area (TPSA) is 38.3 Å². The van der Waals surface area contributed by atoms with E-state index in [2.05, 4.69) is 12.2 Å². The van der Waals surface area contributed by atoms with Gasteiger partial charge in [-0.1, -0.05) is 25.5 Å². The van der Waals surface area contributed by atoms with Crippen LogP contribution in [0, 0.1) is 6.92 Å². The molecule has 0 saturated heterocycles. The third-order valence-corrected chi connectivity index (χ3v) is 3.41. The van der Waals surface area contributed by atoms with Crippen molar-refractivity contribution in [2.45, 2.75) is 26.7 Å². The summed E-state index contributed by atoms with van der Waals surface area (Å²) in [5.74, 6) is 0.766. The van der Waals surface area contributed by atoms with E-state index >= 15 is 0 Å². The molecule has 3 heteroatoms. The molecule has 0 atom stereocenters. The van der Waals surface area contributed by atoms with Gasteiger partial charge < -0.3 is 10.1 Å². The Morgan fingerprint density at radius 2 is 1.96 bits per heavy atom. The first-order valence-electron chi connectivity index (χ1n) is 7.96. The van der Waals surface area contributed by atoms with E-state index in [1.807, 2.05) is 43.3 Å². The normalized spacial score (nSPS) is 10.7. The Hall–Kier alpha value is -2.55. The fourth-order valence-corrected chi connectivity index (χ4v) is 2.09. The fraction of sp³-hybridized carbons (Fsp3) is 0.250. The van der Waals surface area contributed by atoms with Crippen LogP contribution >= 0.6 is 0 Å². The van der Waals surface area contributed by atoms with Crippen molar-refractivity contribution in [1.29, 1.82) is 0 Å². The van der Waals surface area contributed by atoms with Gasteiger partial charge in [-0.2, -0.15) is 0 Å². The average molecular weight is 309 g/mol. The molecule has 2 aromatic rings. The SMILES string of the molecule is CCCCOc1ccc(C(=O)C=CNc2cccc(C)c2)cc1. The van der Waals surface area contributed by atoms with Crippen molar-refractivity contribution in [3.8, 4) is 5.75 Å². The minimum absolute atomic E-state index is 0.0368. The van der Waals surface area contributed by atoms with Crippen LogP contribution in [-0.2, 0) is 0 Å². The van der Waals surface area contributed by atoms with E-state index in [-0.39, 0.29) is 5.78 Å². The van der Waals surface area contributed by atoms with Gasteiger partial charge in [0.2, 0.25) is 0 Å². The first-order chi connectivity index (χ1) is 11.2. The Bertz CT molecular complexity index is 660.